The van der Waals surface area contributed by atoms with E-state index in [0.29, 0.717) is 77.5 Å². The zero-order valence-electron chi connectivity index (χ0n) is 42.1. The summed E-state index contributed by atoms with van der Waals surface area (Å²) in [5, 5.41) is 14.9. The standard InChI is InChI=1S/C54H57F2N11O6/c1-29-21-37(22-30(2)44(29)55)67-47(63-19-18-62(51(63)71)41-14-13-40-38(45(41)56)27-57-61(40)8)43-32(4)64(28-53(46(43)59-67)16-9-10-17-65(53)33(5)68)48(69)42-24-36-23-34(35-15-20-72-52(6,7)26-35)11-12-39(36)66(42)54(25-31(54)3)49-58-50(70)73-60-49/h11-14,18-19,21-24,27,31-32,35H,9-10,15-17,20,25-26,28H2,1-8H3,(H,58,60,70)/t31-,32-,35-,53?,54-/m0/s1. The van der Waals surface area contributed by atoms with Gasteiger partial charge < -0.3 is 19.1 Å². The molecule has 1 saturated carbocycles. The molecule has 5 aromatic heterocycles. The molecule has 1 spiro atoms. The molecule has 2 saturated heterocycles. The van der Waals surface area contributed by atoms with Gasteiger partial charge in [0, 0.05) is 56.0 Å². The summed E-state index contributed by atoms with van der Waals surface area (Å²) >= 11 is 0. The molecule has 5 atom stereocenters. The minimum atomic E-state index is -1.18. The average Bonchev–Trinajstić information content (AvgIpc) is 4.00. The maximum absolute atomic E-state index is 16.5. The van der Waals surface area contributed by atoms with E-state index in [1.165, 1.54) is 34.5 Å². The van der Waals surface area contributed by atoms with Crippen LogP contribution in [0.25, 0.3) is 39.0 Å². The van der Waals surface area contributed by atoms with Crippen LogP contribution in [0.2, 0.25) is 0 Å². The Hall–Kier alpha value is -7.41. The molecule has 8 aromatic rings. The topological polar surface area (TPSA) is 176 Å². The number of hydrogen-bond donors (Lipinski definition) is 1. The summed E-state index contributed by atoms with van der Waals surface area (Å²) in [7, 11) is 1.71. The molecule has 1 unspecified atom stereocenters. The molecule has 19 heteroatoms. The van der Waals surface area contributed by atoms with Crippen molar-refractivity contribution in [2.75, 3.05) is 19.7 Å². The second-order valence-corrected chi connectivity index (χ2v) is 21.5. The zero-order valence-corrected chi connectivity index (χ0v) is 42.1. The Labute approximate surface area is 417 Å². The minimum Gasteiger partial charge on any atom is -0.376 e. The lowest BCUT2D eigenvalue weighted by atomic mass is 9.76. The Morgan fingerprint density at radius 2 is 1.66 bits per heavy atom. The van der Waals surface area contributed by atoms with E-state index < -0.39 is 34.4 Å². The second-order valence-electron chi connectivity index (χ2n) is 21.5. The van der Waals surface area contributed by atoms with Gasteiger partial charge in [-0.05, 0) is 144 Å². The van der Waals surface area contributed by atoms with Crippen LogP contribution >= 0.6 is 0 Å². The lowest BCUT2D eigenvalue weighted by Gasteiger charge is -2.52. The quantitative estimate of drug-likeness (QED) is 0.165. The van der Waals surface area contributed by atoms with Crippen molar-refractivity contribution in [1.29, 1.82) is 0 Å². The van der Waals surface area contributed by atoms with Gasteiger partial charge in [-0.3, -0.25) is 32.9 Å². The van der Waals surface area contributed by atoms with Gasteiger partial charge in [0.15, 0.2) is 11.6 Å². The SMILES string of the molecule is CC(=O)N1CCCCC12CN(C(=O)c1cc3cc([C@H]4CCOC(C)(C)C4)ccc3n1[C@@]1(c3noc(=O)[nH]3)C[C@@H]1C)[C@@H](C)c1c2nn(-c2cc(C)c(F)c(C)c2)c1-n1ccn(-c2ccc3c(cnn3C)c2F)c1=O. The number of aromatic nitrogens is 9. The molecule has 4 aliphatic rings. The number of amides is 2. The first-order valence-corrected chi connectivity index (χ1v) is 25.1. The largest absolute Gasteiger partial charge is 0.438 e. The van der Waals surface area contributed by atoms with Crippen molar-refractivity contribution in [3.8, 4) is 17.2 Å². The molecule has 0 radical (unpaired) electrons. The molecular formula is C54H57F2N11O6. The van der Waals surface area contributed by atoms with Gasteiger partial charge in [0.05, 0.1) is 52.4 Å². The van der Waals surface area contributed by atoms with Crippen LogP contribution in [-0.4, -0.2) is 90.3 Å². The van der Waals surface area contributed by atoms with Gasteiger partial charge in [-0.2, -0.15) is 10.2 Å². The van der Waals surface area contributed by atoms with Gasteiger partial charge in [0.2, 0.25) is 5.91 Å². The molecule has 1 aliphatic carbocycles. The minimum absolute atomic E-state index is 0.00206. The number of nitrogens with zero attached hydrogens (tertiary/aromatic N) is 10. The molecular weight excluding hydrogens is 937 g/mol. The lowest BCUT2D eigenvalue weighted by Crippen LogP contribution is -2.61. The number of imidazole rings is 1. The highest BCUT2D eigenvalue weighted by atomic mass is 19.1. The summed E-state index contributed by atoms with van der Waals surface area (Å²) in [4.78, 5) is 64.7. The maximum Gasteiger partial charge on any atom is 0.438 e. The Morgan fingerprint density at radius 3 is 2.36 bits per heavy atom. The van der Waals surface area contributed by atoms with Crippen molar-refractivity contribution in [3.05, 3.63) is 139 Å². The molecule has 3 aliphatic heterocycles. The Kier molecular flexibility index (Phi) is 10.4. The number of benzene rings is 3. The maximum atomic E-state index is 16.5. The van der Waals surface area contributed by atoms with E-state index in [9.17, 15) is 9.59 Å². The van der Waals surface area contributed by atoms with Crippen molar-refractivity contribution >= 4 is 33.6 Å². The van der Waals surface area contributed by atoms with Crippen LogP contribution in [0.1, 0.15) is 129 Å². The molecule has 1 N–H and O–H groups in total. The lowest BCUT2D eigenvalue weighted by molar-refractivity contribution is -0.140. The summed E-state index contributed by atoms with van der Waals surface area (Å²) in [6, 6.07) is 14.0. The van der Waals surface area contributed by atoms with E-state index in [4.69, 9.17) is 14.4 Å². The molecule has 378 valence electrons. The van der Waals surface area contributed by atoms with Gasteiger partial charge in [-0.25, -0.2) is 23.1 Å². The number of hydrogen-bond acceptors (Lipinski definition) is 9. The highest BCUT2D eigenvalue weighted by molar-refractivity contribution is 6.00. The number of nitrogens with one attached hydrogen (secondary N) is 1. The molecule has 3 fully saturated rings. The molecule has 12 rings (SSSR count). The smallest absolute Gasteiger partial charge is 0.376 e. The fourth-order valence-electron chi connectivity index (χ4n) is 12.8. The normalized spacial score (nSPS) is 23.7. The summed E-state index contributed by atoms with van der Waals surface area (Å²) < 4.78 is 50.9. The van der Waals surface area contributed by atoms with Crippen LogP contribution in [0.4, 0.5) is 8.78 Å². The molecule has 73 heavy (non-hydrogen) atoms. The van der Waals surface area contributed by atoms with Crippen LogP contribution in [-0.2, 0) is 27.7 Å². The first kappa shape index (κ1) is 46.6. The van der Waals surface area contributed by atoms with Crippen molar-refractivity contribution in [2.24, 2.45) is 13.0 Å². The van der Waals surface area contributed by atoms with E-state index in [1.54, 1.807) is 64.5 Å². The van der Waals surface area contributed by atoms with Crippen LogP contribution in [0.5, 0.6) is 0 Å². The fraction of sp³-hybridized carbons (Fsp3) is 0.426. The number of aromatic amines is 1. The Bertz CT molecular complexity index is 3720. The number of carbonyl (C=O) groups excluding carboxylic acids is 2. The average molecular weight is 994 g/mol. The summed E-state index contributed by atoms with van der Waals surface area (Å²) in [6.45, 7) is 14.1. The van der Waals surface area contributed by atoms with Gasteiger partial charge in [0.1, 0.15) is 28.4 Å². The summed E-state index contributed by atoms with van der Waals surface area (Å²) in [5.74, 6) is -1.58. The van der Waals surface area contributed by atoms with Gasteiger partial charge in [-0.15, -0.1) is 0 Å². The van der Waals surface area contributed by atoms with Gasteiger partial charge in [-0.1, -0.05) is 18.1 Å². The van der Waals surface area contributed by atoms with Crippen LogP contribution in [0.3, 0.4) is 0 Å². The summed E-state index contributed by atoms with van der Waals surface area (Å²) in [5.41, 5.74) is 1.88. The number of H-pyrrole nitrogens is 1. The third kappa shape index (κ3) is 6.89. The number of rotatable bonds is 7. The van der Waals surface area contributed by atoms with Crippen molar-refractivity contribution in [2.45, 2.75) is 116 Å². The Balaban J connectivity index is 1.09. The number of likely N-dealkylation sites (tertiary alicyclic amines) is 1. The molecule has 8 heterocycles. The number of aryl methyl sites for hydroxylation is 3. The predicted octanol–water partition coefficient (Wildman–Crippen LogP) is 8.13. The monoisotopic (exact) mass is 993 g/mol. The molecule has 17 nitrogen and oxygen atoms in total. The zero-order chi connectivity index (χ0) is 51.2. The van der Waals surface area contributed by atoms with Crippen LogP contribution in [0.15, 0.2) is 81.2 Å². The van der Waals surface area contributed by atoms with Crippen molar-refractivity contribution in [1.82, 2.24) is 53.2 Å². The van der Waals surface area contributed by atoms with Gasteiger partial charge >= 0.3 is 11.4 Å². The second kappa shape index (κ2) is 16.3. The number of fused-ring (bicyclic) bond motifs is 4. The van der Waals surface area contributed by atoms with Gasteiger partial charge in [0.25, 0.3) is 5.91 Å². The molecule has 2 amide bonds. The van der Waals surface area contributed by atoms with Crippen molar-refractivity contribution in [3.63, 3.8) is 0 Å². The number of piperidine rings is 1. The third-order valence-corrected chi connectivity index (χ3v) is 16.5. The molecule has 3 aromatic carbocycles. The number of halogens is 2. The molecule has 0 bridgehead atoms. The third-order valence-electron chi connectivity index (χ3n) is 16.5. The van der Waals surface area contributed by atoms with Crippen molar-refractivity contribution < 1.29 is 27.6 Å². The van der Waals surface area contributed by atoms with E-state index in [2.05, 4.69) is 41.2 Å². The van der Waals surface area contributed by atoms with E-state index in [0.717, 1.165) is 35.7 Å². The predicted molar refractivity (Wildman–Crippen MR) is 266 cm³/mol. The van der Waals surface area contributed by atoms with Crippen LogP contribution < -0.4 is 11.4 Å². The first-order chi connectivity index (χ1) is 34.8. The van der Waals surface area contributed by atoms with Crippen LogP contribution in [0, 0.1) is 31.4 Å². The highest BCUT2D eigenvalue weighted by Gasteiger charge is 2.60. The first-order valence-electron chi connectivity index (χ1n) is 25.1. The number of carbonyl (C=O) groups is 2. The van der Waals surface area contributed by atoms with E-state index in [1.807, 2.05) is 30.5 Å². The Morgan fingerprint density at radius 1 is 0.918 bits per heavy atom. The van der Waals surface area contributed by atoms with E-state index in [-0.39, 0.29) is 58.5 Å². The number of ether oxygens (including phenoxy) is 1. The van der Waals surface area contributed by atoms with E-state index >= 15 is 18.4 Å². The summed E-state index contributed by atoms with van der Waals surface area (Å²) in [6.07, 6.45) is 8.53. The highest BCUT2D eigenvalue weighted by Crippen LogP contribution is 2.57. The fourth-order valence-corrected chi connectivity index (χ4v) is 12.8.